The lowest BCUT2D eigenvalue weighted by atomic mass is 9.85. The number of nitrogens with one attached hydrogen (secondary N) is 1. The SMILES string of the molecule is CC[C@@H]1[C@@H]2CN(C(=O)[C@H](C(C)(C)C)NC(=O)O[C@@H]3CCC[C@H]3CCCCCc3nc4ccc(OC(F)(F)F)cc4nc3O2)[C@@H]1C(C)=O. The highest BCUT2D eigenvalue weighted by Crippen LogP contribution is 2.37. The number of benzene rings is 1. The maximum absolute atomic E-state index is 14.3. The number of hydrogen-bond acceptors (Lipinski definition) is 8. The predicted octanol–water partition coefficient (Wildman–Crippen LogP) is 6.53. The summed E-state index contributed by atoms with van der Waals surface area (Å²) in [6.07, 6.45) is 0.759. The van der Waals surface area contributed by atoms with Crippen LogP contribution in [0, 0.1) is 17.3 Å². The van der Waals surface area contributed by atoms with Crippen LogP contribution in [0.2, 0.25) is 0 Å². The lowest BCUT2D eigenvalue weighted by Crippen LogP contribution is -2.57. The molecule has 2 aliphatic heterocycles. The summed E-state index contributed by atoms with van der Waals surface area (Å²) in [4.78, 5) is 51.5. The summed E-state index contributed by atoms with van der Waals surface area (Å²) < 4.78 is 55.5. The molecule has 6 atom stereocenters. The molecular weight excluding hydrogens is 617 g/mol. The Morgan fingerprint density at radius 2 is 1.74 bits per heavy atom. The van der Waals surface area contributed by atoms with Crippen molar-refractivity contribution < 1.29 is 41.8 Å². The largest absolute Gasteiger partial charge is 0.573 e. The molecule has 1 N–H and O–H groups in total. The molecule has 2 bridgehead atoms. The van der Waals surface area contributed by atoms with Gasteiger partial charge in [-0.15, -0.1) is 13.2 Å². The third kappa shape index (κ3) is 8.09. The summed E-state index contributed by atoms with van der Waals surface area (Å²) in [6, 6.07) is 2.02. The standard InChI is InChI=1S/C34H45F3N4O6/c1-6-22-27-18-41(28(22)19(2)42)31(43)29(33(3,4)5)40-32(44)46-26-14-10-12-20(26)11-8-7-9-13-24-30(45-27)39-25-17-21(47-34(35,36)37)15-16-23(25)38-24/h15-17,20,22,26-29H,6-14,18H2,1-5H3,(H,40,44)/t20-,22-,26-,27+,28-,29-/m1/s1. The first-order chi connectivity index (χ1) is 22.1. The molecule has 1 saturated carbocycles. The highest BCUT2D eigenvalue weighted by atomic mass is 19.4. The Hall–Kier alpha value is -3.64. The van der Waals surface area contributed by atoms with Crippen LogP contribution in [0.15, 0.2) is 18.2 Å². The molecule has 258 valence electrons. The predicted molar refractivity (Wildman–Crippen MR) is 167 cm³/mol. The van der Waals surface area contributed by atoms with E-state index in [1.54, 1.807) is 0 Å². The topological polar surface area (TPSA) is 120 Å². The molecule has 2 amide bonds. The van der Waals surface area contributed by atoms with Gasteiger partial charge in [-0.3, -0.25) is 9.59 Å². The number of carbonyl (C=O) groups excluding carboxylic acids is 3. The van der Waals surface area contributed by atoms with Crippen molar-refractivity contribution in [1.29, 1.82) is 0 Å². The van der Waals surface area contributed by atoms with Crippen molar-refractivity contribution in [3.05, 3.63) is 23.9 Å². The first kappa shape index (κ1) is 34.7. The second-order valence-corrected chi connectivity index (χ2v) is 14.1. The molecule has 1 aromatic heterocycles. The average Bonchev–Trinajstić information content (AvgIpc) is 3.57. The minimum atomic E-state index is -4.87. The molecule has 0 unspecified atom stereocenters. The highest BCUT2D eigenvalue weighted by molar-refractivity contribution is 5.92. The highest BCUT2D eigenvalue weighted by Gasteiger charge is 2.50. The lowest BCUT2D eigenvalue weighted by Gasteiger charge is -2.35. The molecule has 1 aromatic carbocycles. The lowest BCUT2D eigenvalue weighted by molar-refractivity contribution is -0.274. The van der Waals surface area contributed by atoms with Gasteiger partial charge in [-0.2, -0.15) is 0 Å². The van der Waals surface area contributed by atoms with Gasteiger partial charge in [-0.25, -0.2) is 14.8 Å². The Kier molecular flexibility index (Phi) is 10.2. The van der Waals surface area contributed by atoms with Gasteiger partial charge in [-0.05, 0) is 75.3 Å². The van der Waals surface area contributed by atoms with E-state index in [1.165, 1.54) is 30.0 Å². The Morgan fingerprint density at radius 1 is 1.00 bits per heavy atom. The molecule has 3 aliphatic rings. The number of fused-ring (bicyclic) bond motifs is 5. The Balaban J connectivity index is 1.54. The first-order valence-electron chi connectivity index (χ1n) is 16.7. The molecule has 2 aromatic rings. The third-order valence-corrected chi connectivity index (χ3v) is 9.65. The van der Waals surface area contributed by atoms with E-state index >= 15 is 0 Å². The summed E-state index contributed by atoms with van der Waals surface area (Å²) >= 11 is 0. The van der Waals surface area contributed by atoms with Crippen LogP contribution in [0.5, 0.6) is 11.6 Å². The number of hydrogen-bond donors (Lipinski definition) is 1. The van der Waals surface area contributed by atoms with Crippen molar-refractivity contribution in [3.8, 4) is 11.6 Å². The number of alkyl carbamates (subject to hydrolysis) is 1. The maximum atomic E-state index is 14.3. The van der Waals surface area contributed by atoms with Gasteiger partial charge in [-0.1, -0.05) is 40.5 Å². The van der Waals surface area contributed by atoms with Crippen LogP contribution < -0.4 is 14.8 Å². The molecular formula is C34H45F3N4O6. The molecule has 1 saturated heterocycles. The van der Waals surface area contributed by atoms with Gasteiger partial charge in [0.2, 0.25) is 11.8 Å². The van der Waals surface area contributed by atoms with E-state index < -0.39 is 53.6 Å². The van der Waals surface area contributed by atoms with Gasteiger partial charge >= 0.3 is 12.5 Å². The van der Waals surface area contributed by atoms with Gasteiger partial charge in [0.25, 0.3) is 0 Å². The zero-order valence-electron chi connectivity index (χ0n) is 27.7. The van der Waals surface area contributed by atoms with E-state index in [4.69, 9.17) is 14.5 Å². The number of aromatic nitrogens is 2. The minimum Gasteiger partial charge on any atom is -0.471 e. The van der Waals surface area contributed by atoms with Crippen LogP contribution in [0.4, 0.5) is 18.0 Å². The van der Waals surface area contributed by atoms with Crippen LogP contribution in [0.25, 0.3) is 11.0 Å². The van der Waals surface area contributed by atoms with Gasteiger partial charge in [0.05, 0.1) is 23.6 Å². The number of aryl methyl sites for hydroxylation is 1. The van der Waals surface area contributed by atoms with E-state index in [0.29, 0.717) is 24.1 Å². The van der Waals surface area contributed by atoms with Crippen molar-refractivity contribution in [2.45, 2.75) is 123 Å². The van der Waals surface area contributed by atoms with Gasteiger partial charge in [0, 0.05) is 12.0 Å². The third-order valence-electron chi connectivity index (χ3n) is 9.65. The van der Waals surface area contributed by atoms with E-state index in [2.05, 4.69) is 15.0 Å². The zero-order chi connectivity index (χ0) is 34.1. The second kappa shape index (κ2) is 13.8. The van der Waals surface area contributed by atoms with E-state index in [9.17, 15) is 27.6 Å². The molecule has 47 heavy (non-hydrogen) atoms. The molecule has 0 spiro atoms. The number of ketones is 1. The van der Waals surface area contributed by atoms with Crippen LogP contribution >= 0.6 is 0 Å². The fourth-order valence-corrected chi connectivity index (χ4v) is 7.36. The van der Waals surface area contributed by atoms with E-state index in [1.807, 2.05) is 27.7 Å². The normalized spacial score (nSPS) is 28.0. The smallest absolute Gasteiger partial charge is 0.471 e. The van der Waals surface area contributed by atoms with E-state index in [0.717, 1.165) is 44.9 Å². The number of amides is 2. The molecule has 0 radical (unpaired) electrons. The number of ether oxygens (including phenoxy) is 3. The van der Waals surface area contributed by atoms with Crippen molar-refractivity contribution in [1.82, 2.24) is 20.2 Å². The van der Waals surface area contributed by atoms with E-state index in [-0.39, 0.29) is 35.7 Å². The van der Waals surface area contributed by atoms with Crippen molar-refractivity contribution in [2.24, 2.45) is 17.3 Å². The van der Waals surface area contributed by atoms with Crippen LogP contribution in [-0.2, 0) is 20.7 Å². The number of halogens is 3. The summed E-state index contributed by atoms with van der Waals surface area (Å²) in [5.41, 5.74) is 0.415. The summed E-state index contributed by atoms with van der Waals surface area (Å²) in [6.45, 7) is 8.92. The number of nitrogens with zero attached hydrogens (tertiary/aromatic N) is 3. The minimum absolute atomic E-state index is 0.0476. The fourth-order valence-electron chi connectivity index (χ4n) is 7.36. The monoisotopic (exact) mass is 662 g/mol. The number of Topliss-reactive ketones (excluding diaryl/α,β-unsaturated/α-hetero) is 1. The van der Waals surface area contributed by atoms with Crippen LogP contribution in [0.3, 0.4) is 0 Å². The van der Waals surface area contributed by atoms with Gasteiger partial charge in [0.15, 0.2) is 5.78 Å². The second-order valence-electron chi connectivity index (χ2n) is 14.1. The number of rotatable bonds is 3. The quantitative estimate of drug-likeness (QED) is 0.394. The van der Waals surface area contributed by atoms with Gasteiger partial charge in [0.1, 0.15) is 29.7 Å². The summed E-state index contributed by atoms with van der Waals surface area (Å²) in [7, 11) is 0. The Labute approximate surface area is 273 Å². The molecule has 1 aliphatic carbocycles. The Morgan fingerprint density at radius 3 is 2.43 bits per heavy atom. The summed E-state index contributed by atoms with van der Waals surface area (Å²) in [5, 5.41) is 2.84. The zero-order valence-corrected chi connectivity index (χ0v) is 27.7. The molecule has 13 heteroatoms. The maximum Gasteiger partial charge on any atom is 0.573 e. The number of alkyl halides is 3. The van der Waals surface area contributed by atoms with Crippen molar-refractivity contribution in [3.63, 3.8) is 0 Å². The number of carbonyl (C=O) groups is 3. The molecule has 3 heterocycles. The van der Waals surface area contributed by atoms with Crippen molar-refractivity contribution in [2.75, 3.05) is 6.54 Å². The van der Waals surface area contributed by atoms with Crippen molar-refractivity contribution >= 4 is 28.8 Å². The Bertz CT molecular complexity index is 1480. The molecule has 2 fully saturated rings. The van der Waals surface area contributed by atoms with Crippen LogP contribution in [0.1, 0.15) is 91.7 Å². The average molecular weight is 663 g/mol. The van der Waals surface area contributed by atoms with Gasteiger partial charge < -0.3 is 24.4 Å². The molecule has 5 rings (SSSR count). The molecule has 10 nitrogen and oxygen atoms in total. The summed E-state index contributed by atoms with van der Waals surface area (Å²) in [5.74, 6) is -1.08. The first-order valence-corrected chi connectivity index (χ1v) is 16.7. The fraction of sp³-hybridized carbons (Fsp3) is 0.676. The van der Waals surface area contributed by atoms with Crippen LogP contribution in [-0.4, -0.2) is 69.9 Å².